The Kier molecular flexibility index (Phi) is 4.59. The van der Waals surface area contributed by atoms with E-state index in [-0.39, 0.29) is 12.5 Å². The standard InChI is InChI=1S/C12H18O3/c1-9(11(14)7-8-13)10-5-3-4-6-12(10)15-2/h3-6,9,11,13-14H,7-8H2,1-2H3/t9-,11+/m1/s1. The van der Waals surface area contributed by atoms with Crippen LogP contribution in [0.4, 0.5) is 0 Å². The van der Waals surface area contributed by atoms with Crippen LogP contribution in [0.2, 0.25) is 0 Å². The van der Waals surface area contributed by atoms with E-state index in [0.717, 1.165) is 11.3 Å². The van der Waals surface area contributed by atoms with Crippen molar-refractivity contribution in [1.29, 1.82) is 0 Å². The molecule has 0 heterocycles. The summed E-state index contributed by atoms with van der Waals surface area (Å²) in [7, 11) is 1.62. The van der Waals surface area contributed by atoms with Crippen LogP contribution in [0.5, 0.6) is 5.75 Å². The Hall–Kier alpha value is -1.06. The quantitative estimate of drug-likeness (QED) is 0.775. The average molecular weight is 210 g/mol. The Balaban J connectivity index is 2.84. The highest BCUT2D eigenvalue weighted by molar-refractivity contribution is 5.36. The largest absolute Gasteiger partial charge is 0.496 e. The van der Waals surface area contributed by atoms with Crippen LogP contribution in [-0.4, -0.2) is 30.0 Å². The van der Waals surface area contributed by atoms with Gasteiger partial charge in [-0.3, -0.25) is 0 Å². The van der Waals surface area contributed by atoms with Crippen molar-refractivity contribution in [1.82, 2.24) is 0 Å². The summed E-state index contributed by atoms with van der Waals surface area (Å²) in [6.45, 7) is 1.93. The Morgan fingerprint density at radius 3 is 2.60 bits per heavy atom. The third-order valence-corrected chi connectivity index (χ3v) is 2.63. The Morgan fingerprint density at radius 1 is 1.33 bits per heavy atom. The molecule has 0 saturated heterocycles. The summed E-state index contributed by atoms with van der Waals surface area (Å²) < 4.78 is 5.22. The monoisotopic (exact) mass is 210 g/mol. The van der Waals surface area contributed by atoms with Crippen molar-refractivity contribution in [3.8, 4) is 5.75 Å². The zero-order valence-electron chi connectivity index (χ0n) is 9.18. The molecule has 0 aliphatic rings. The number of para-hydroxylation sites is 1. The van der Waals surface area contributed by atoms with Crippen molar-refractivity contribution >= 4 is 0 Å². The minimum absolute atomic E-state index is 0.000651. The zero-order chi connectivity index (χ0) is 11.3. The van der Waals surface area contributed by atoms with Gasteiger partial charge >= 0.3 is 0 Å². The molecule has 0 radical (unpaired) electrons. The van der Waals surface area contributed by atoms with Gasteiger partial charge in [-0.05, 0) is 18.1 Å². The first-order chi connectivity index (χ1) is 7.20. The second-order valence-electron chi connectivity index (χ2n) is 3.61. The van der Waals surface area contributed by atoms with Crippen molar-refractivity contribution in [3.63, 3.8) is 0 Å². The highest BCUT2D eigenvalue weighted by atomic mass is 16.5. The minimum atomic E-state index is -0.536. The second-order valence-corrected chi connectivity index (χ2v) is 3.61. The number of hydrogen-bond acceptors (Lipinski definition) is 3. The summed E-state index contributed by atoms with van der Waals surface area (Å²) in [4.78, 5) is 0. The van der Waals surface area contributed by atoms with E-state index >= 15 is 0 Å². The molecule has 0 aromatic heterocycles. The summed E-state index contributed by atoms with van der Waals surface area (Å²) in [5.74, 6) is 0.746. The molecular formula is C12H18O3. The molecule has 0 unspecified atom stereocenters. The SMILES string of the molecule is COc1ccccc1[C@@H](C)[C@@H](O)CCO. The van der Waals surface area contributed by atoms with E-state index in [0.29, 0.717) is 6.42 Å². The number of hydrogen-bond donors (Lipinski definition) is 2. The van der Waals surface area contributed by atoms with E-state index in [2.05, 4.69) is 0 Å². The van der Waals surface area contributed by atoms with Crippen LogP contribution in [0, 0.1) is 0 Å². The molecule has 2 atom stereocenters. The van der Waals surface area contributed by atoms with Gasteiger partial charge < -0.3 is 14.9 Å². The summed E-state index contributed by atoms with van der Waals surface area (Å²) in [6, 6.07) is 7.62. The molecule has 3 nitrogen and oxygen atoms in total. The van der Waals surface area contributed by atoms with Gasteiger partial charge in [0.2, 0.25) is 0 Å². The highest BCUT2D eigenvalue weighted by Gasteiger charge is 2.18. The Bertz CT molecular complexity index is 299. The van der Waals surface area contributed by atoms with Crippen molar-refractivity contribution in [3.05, 3.63) is 29.8 Å². The molecule has 0 aliphatic heterocycles. The van der Waals surface area contributed by atoms with E-state index in [1.165, 1.54) is 0 Å². The van der Waals surface area contributed by atoms with Gasteiger partial charge in [0.05, 0.1) is 13.2 Å². The van der Waals surface area contributed by atoms with E-state index in [9.17, 15) is 5.11 Å². The first-order valence-corrected chi connectivity index (χ1v) is 5.12. The molecule has 15 heavy (non-hydrogen) atoms. The van der Waals surface area contributed by atoms with Crippen molar-refractivity contribution in [2.24, 2.45) is 0 Å². The Morgan fingerprint density at radius 2 is 2.00 bits per heavy atom. The molecule has 0 spiro atoms. The third kappa shape index (κ3) is 2.94. The fourth-order valence-corrected chi connectivity index (χ4v) is 1.63. The lowest BCUT2D eigenvalue weighted by atomic mass is 9.93. The summed E-state index contributed by atoms with van der Waals surface area (Å²) >= 11 is 0. The highest BCUT2D eigenvalue weighted by Crippen LogP contribution is 2.29. The Labute approximate surface area is 90.3 Å². The molecule has 0 fully saturated rings. The fourth-order valence-electron chi connectivity index (χ4n) is 1.63. The predicted molar refractivity (Wildman–Crippen MR) is 59.1 cm³/mol. The molecule has 0 saturated carbocycles. The van der Waals surface area contributed by atoms with Crippen molar-refractivity contribution in [2.75, 3.05) is 13.7 Å². The number of benzene rings is 1. The molecule has 0 amide bonds. The van der Waals surface area contributed by atoms with Gasteiger partial charge in [0, 0.05) is 12.5 Å². The predicted octanol–water partition coefficient (Wildman–Crippen LogP) is 1.54. The smallest absolute Gasteiger partial charge is 0.122 e. The molecular weight excluding hydrogens is 192 g/mol. The third-order valence-electron chi connectivity index (χ3n) is 2.63. The number of aliphatic hydroxyl groups excluding tert-OH is 2. The lowest BCUT2D eigenvalue weighted by molar-refractivity contribution is 0.112. The maximum atomic E-state index is 9.78. The van der Waals surface area contributed by atoms with Crippen molar-refractivity contribution < 1.29 is 14.9 Å². The van der Waals surface area contributed by atoms with E-state index in [1.807, 2.05) is 31.2 Å². The zero-order valence-corrected chi connectivity index (χ0v) is 9.18. The molecule has 0 aliphatic carbocycles. The summed E-state index contributed by atoms with van der Waals surface area (Å²) in [5, 5.41) is 18.5. The van der Waals surface area contributed by atoms with Gasteiger partial charge in [-0.15, -0.1) is 0 Å². The van der Waals surface area contributed by atoms with Crippen LogP contribution >= 0.6 is 0 Å². The van der Waals surface area contributed by atoms with E-state index in [4.69, 9.17) is 9.84 Å². The number of aliphatic hydroxyl groups is 2. The second kappa shape index (κ2) is 5.73. The van der Waals surface area contributed by atoms with Crippen molar-refractivity contribution in [2.45, 2.75) is 25.4 Å². The van der Waals surface area contributed by atoms with Gasteiger partial charge in [-0.1, -0.05) is 25.1 Å². The van der Waals surface area contributed by atoms with Gasteiger partial charge in [0.1, 0.15) is 5.75 Å². The maximum Gasteiger partial charge on any atom is 0.122 e. The first-order valence-electron chi connectivity index (χ1n) is 5.12. The van der Waals surface area contributed by atoms with E-state index < -0.39 is 6.10 Å². The lowest BCUT2D eigenvalue weighted by Crippen LogP contribution is -2.17. The minimum Gasteiger partial charge on any atom is -0.496 e. The van der Waals surface area contributed by atoms with Crippen LogP contribution in [0.3, 0.4) is 0 Å². The molecule has 3 heteroatoms. The van der Waals surface area contributed by atoms with Crippen LogP contribution in [0.25, 0.3) is 0 Å². The molecule has 0 bridgehead atoms. The first kappa shape index (κ1) is 12.0. The van der Waals surface area contributed by atoms with E-state index in [1.54, 1.807) is 7.11 Å². The number of ether oxygens (including phenoxy) is 1. The van der Waals surface area contributed by atoms with Gasteiger partial charge in [0.25, 0.3) is 0 Å². The maximum absolute atomic E-state index is 9.78. The molecule has 1 aromatic carbocycles. The van der Waals surface area contributed by atoms with Crippen LogP contribution in [-0.2, 0) is 0 Å². The fraction of sp³-hybridized carbons (Fsp3) is 0.500. The molecule has 84 valence electrons. The molecule has 1 aromatic rings. The topological polar surface area (TPSA) is 49.7 Å². The summed E-state index contributed by atoms with van der Waals surface area (Å²) in [6.07, 6.45) is -0.148. The number of rotatable bonds is 5. The van der Waals surface area contributed by atoms with Crippen LogP contribution in [0.15, 0.2) is 24.3 Å². The van der Waals surface area contributed by atoms with Gasteiger partial charge in [-0.25, -0.2) is 0 Å². The summed E-state index contributed by atoms with van der Waals surface area (Å²) in [5.41, 5.74) is 0.973. The normalized spacial score (nSPS) is 14.7. The number of methoxy groups -OCH3 is 1. The van der Waals surface area contributed by atoms with Crippen LogP contribution < -0.4 is 4.74 Å². The molecule has 1 rings (SSSR count). The lowest BCUT2D eigenvalue weighted by Gasteiger charge is -2.20. The molecule has 2 N–H and O–H groups in total. The van der Waals surface area contributed by atoms with Gasteiger partial charge in [-0.2, -0.15) is 0 Å². The van der Waals surface area contributed by atoms with Gasteiger partial charge in [0.15, 0.2) is 0 Å². The average Bonchev–Trinajstić information content (AvgIpc) is 2.28. The van der Waals surface area contributed by atoms with Crippen LogP contribution in [0.1, 0.15) is 24.8 Å².